The first kappa shape index (κ1) is 21.4. The van der Waals surface area contributed by atoms with Crippen LogP contribution in [0.5, 0.6) is 5.75 Å². The molecule has 32 heavy (non-hydrogen) atoms. The zero-order valence-electron chi connectivity index (χ0n) is 18.4. The van der Waals surface area contributed by atoms with E-state index in [-0.39, 0.29) is 12.0 Å². The number of nitrogens with zero attached hydrogens (tertiary/aromatic N) is 2. The van der Waals surface area contributed by atoms with Crippen LogP contribution >= 0.6 is 0 Å². The molecule has 1 aromatic heterocycles. The Balaban J connectivity index is 1.44. The van der Waals surface area contributed by atoms with Gasteiger partial charge in [0.15, 0.2) is 0 Å². The molecule has 5 heteroatoms. The first-order valence-electron chi connectivity index (χ1n) is 10.8. The molecule has 0 aliphatic heterocycles. The lowest BCUT2D eigenvalue weighted by Gasteiger charge is -2.12. The van der Waals surface area contributed by atoms with E-state index in [0.717, 1.165) is 34.5 Å². The van der Waals surface area contributed by atoms with Crippen molar-refractivity contribution in [2.24, 2.45) is 0 Å². The van der Waals surface area contributed by atoms with Crippen LogP contribution in [0.1, 0.15) is 35.3 Å². The predicted molar refractivity (Wildman–Crippen MR) is 127 cm³/mol. The highest BCUT2D eigenvalue weighted by molar-refractivity contribution is 6.00. The van der Waals surface area contributed by atoms with Gasteiger partial charge in [0, 0.05) is 24.5 Å². The summed E-state index contributed by atoms with van der Waals surface area (Å²) < 4.78 is 7.56. The van der Waals surface area contributed by atoms with Crippen molar-refractivity contribution in [2.45, 2.75) is 33.0 Å². The standard InChI is InChI=1S/C27H27N3O2/c1-20(2)32-24-14-10-21(11-15-24)18-28-27(31)26-7-4-3-6-25(26)23-12-8-22(9-13-23)19-30-17-5-16-29-30/h3-17,20H,18-19H2,1-2H3,(H,28,31). The predicted octanol–water partition coefficient (Wildman–Crippen LogP) is 5.32. The number of rotatable bonds is 8. The average molecular weight is 426 g/mol. The summed E-state index contributed by atoms with van der Waals surface area (Å²) in [4.78, 5) is 13.0. The fraction of sp³-hybridized carbons (Fsp3) is 0.185. The van der Waals surface area contributed by atoms with Gasteiger partial charge in [0.2, 0.25) is 0 Å². The van der Waals surface area contributed by atoms with Gasteiger partial charge in [-0.3, -0.25) is 9.48 Å². The molecule has 0 aliphatic rings. The minimum absolute atomic E-state index is 0.0938. The van der Waals surface area contributed by atoms with E-state index in [9.17, 15) is 4.79 Å². The normalized spacial score (nSPS) is 10.8. The van der Waals surface area contributed by atoms with Crippen molar-refractivity contribution in [3.8, 4) is 16.9 Å². The van der Waals surface area contributed by atoms with Gasteiger partial charge in [0.25, 0.3) is 5.91 Å². The van der Waals surface area contributed by atoms with Gasteiger partial charge in [-0.2, -0.15) is 5.10 Å². The average Bonchev–Trinajstić information content (AvgIpc) is 3.32. The summed E-state index contributed by atoms with van der Waals surface area (Å²) in [5, 5.41) is 7.28. The second-order valence-electron chi connectivity index (χ2n) is 7.94. The number of ether oxygens (including phenoxy) is 1. The van der Waals surface area contributed by atoms with Crippen molar-refractivity contribution in [2.75, 3.05) is 0 Å². The SMILES string of the molecule is CC(C)Oc1ccc(CNC(=O)c2ccccc2-c2ccc(Cn3cccn3)cc2)cc1. The second kappa shape index (κ2) is 9.96. The molecule has 4 rings (SSSR count). The van der Waals surface area contributed by atoms with Crippen LogP contribution in [-0.2, 0) is 13.1 Å². The Kier molecular flexibility index (Phi) is 6.66. The van der Waals surface area contributed by atoms with E-state index in [1.54, 1.807) is 6.20 Å². The lowest BCUT2D eigenvalue weighted by molar-refractivity contribution is 0.0951. The largest absolute Gasteiger partial charge is 0.491 e. The molecule has 0 radical (unpaired) electrons. The minimum Gasteiger partial charge on any atom is -0.491 e. The van der Waals surface area contributed by atoms with E-state index in [1.807, 2.05) is 79.3 Å². The van der Waals surface area contributed by atoms with Crippen molar-refractivity contribution in [1.82, 2.24) is 15.1 Å². The molecule has 3 aromatic carbocycles. The molecule has 0 saturated carbocycles. The molecule has 5 nitrogen and oxygen atoms in total. The van der Waals surface area contributed by atoms with Crippen molar-refractivity contribution >= 4 is 5.91 Å². The van der Waals surface area contributed by atoms with E-state index in [4.69, 9.17) is 4.74 Å². The van der Waals surface area contributed by atoms with Crippen molar-refractivity contribution in [3.63, 3.8) is 0 Å². The van der Waals surface area contributed by atoms with Crippen LogP contribution in [0.25, 0.3) is 11.1 Å². The number of nitrogens with one attached hydrogen (secondary N) is 1. The molecule has 0 spiro atoms. The van der Waals surface area contributed by atoms with Crippen LogP contribution in [0.4, 0.5) is 0 Å². The summed E-state index contributed by atoms with van der Waals surface area (Å²) in [5.74, 6) is 0.736. The molecule has 4 aromatic rings. The van der Waals surface area contributed by atoms with Crippen molar-refractivity contribution in [1.29, 1.82) is 0 Å². The molecular formula is C27H27N3O2. The number of hydrogen-bond acceptors (Lipinski definition) is 3. The van der Waals surface area contributed by atoms with Gasteiger partial charge in [0.05, 0.1) is 12.6 Å². The lowest BCUT2D eigenvalue weighted by Crippen LogP contribution is -2.23. The minimum atomic E-state index is -0.0938. The summed E-state index contributed by atoms with van der Waals surface area (Å²) in [6.45, 7) is 5.17. The van der Waals surface area contributed by atoms with Gasteiger partial charge in [-0.25, -0.2) is 0 Å². The fourth-order valence-electron chi connectivity index (χ4n) is 3.54. The molecule has 0 atom stereocenters. The van der Waals surface area contributed by atoms with Gasteiger partial charge in [-0.15, -0.1) is 0 Å². The van der Waals surface area contributed by atoms with E-state index >= 15 is 0 Å². The zero-order valence-corrected chi connectivity index (χ0v) is 18.4. The Labute approximate surface area is 188 Å². The molecule has 0 fully saturated rings. The molecule has 0 bridgehead atoms. The van der Waals surface area contributed by atoms with Crippen molar-refractivity contribution in [3.05, 3.63) is 108 Å². The first-order chi connectivity index (χ1) is 15.6. The molecule has 0 saturated heterocycles. The molecule has 1 heterocycles. The highest BCUT2D eigenvalue weighted by Gasteiger charge is 2.12. The molecule has 0 aliphatic carbocycles. The molecule has 0 unspecified atom stereocenters. The van der Waals surface area contributed by atoms with Gasteiger partial charge < -0.3 is 10.1 Å². The monoisotopic (exact) mass is 425 g/mol. The number of benzene rings is 3. The third-order valence-corrected chi connectivity index (χ3v) is 5.09. The van der Waals surface area contributed by atoms with E-state index in [1.165, 1.54) is 0 Å². The molecule has 1 amide bonds. The topological polar surface area (TPSA) is 56.1 Å². The third-order valence-electron chi connectivity index (χ3n) is 5.09. The van der Waals surface area contributed by atoms with Crippen LogP contribution in [0.15, 0.2) is 91.3 Å². The summed E-state index contributed by atoms with van der Waals surface area (Å²) in [6, 6.07) is 25.7. The summed E-state index contributed by atoms with van der Waals surface area (Å²) in [7, 11) is 0. The Bertz CT molecular complexity index is 1150. The molecular weight excluding hydrogens is 398 g/mol. The Hall–Kier alpha value is -3.86. The van der Waals surface area contributed by atoms with Gasteiger partial charge in [0.1, 0.15) is 5.75 Å². The van der Waals surface area contributed by atoms with Crippen LogP contribution in [0, 0.1) is 0 Å². The van der Waals surface area contributed by atoms with E-state index < -0.39 is 0 Å². The Morgan fingerprint density at radius 2 is 1.66 bits per heavy atom. The van der Waals surface area contributed by atoms with Gasteiger partial charge in [-0.05, 0) is 60.4 Å². The maximum Gasteiger partial charge on any atom is 0.252 e. The summed E-state index contributed by atoms with van der Waals surface area (Å²) in [5.41, 5.74) is 4.76. The van der Waals surface area contributed by atoms with Crippen LogP contribution < -0.4 is 10.1 Å². The maximum absolute atomic E-state index is 13.0. The van der Waals surface area contributed by atoms with E-state index in [2.05, 4.69) is 34.7 Å². The summed E-state index contributed by atoms with van der Waals surface area (Å²) >= 11 is 0. The second-order valence-corrected chi connectivity index (χ2v) is 7.94. The zero-order chi connectivity index (χ0) is 22.3. The molecule has 1 N–H and O–H groups in total. The molecule has 162 valence electrons. The van der Waals surface area contributed by atoms with Gasteiger partial charge in [-0.1, -0.05) is 54.6 Å². The van der Waals surface area contributed by atoms with Crippen LogP contribution in [0.2, 0.25) is 0 Å². The lowest BCUT2D eigenvalue weighted by atomic mass is 9.98. The van der Waals surface area contributed by atoms with Gasteiger partial charge >= 0.3 is 0 Å². The number of carbonyl (C=O) groups is 1. The summed E-state index contributed by atoms with van der Waals surface area (Å²) in [6.07, 6.45) is 3.85. The smallest absolute Gasteiger partial charge is 0.252 e. The Morgan fingerprint density at radius 1 is 0.938 bits per heavy atom. The van der Waals surface area contributed by atoms with Crippen molar-refractivity contribution < 1.29 is 9.53 Å². The Morgan fingerprint density at radius 3 is 2.34 bits per heavy atom. The number of carbonyl (C=O) groups excluding carboxylic acids is 1. The van der Waals surface area contributed by atoms with E-state index in [0.29, 0.717) is 12.1 Å². The van der Waals surface area contributed by atoms with Crippen LogP contribution in [-0.4, -0.2) is 21.8 Å². The third kappa shape index (κ3) is 5.43. The fourth-order valence-corrected chi connectivity index (χ4v) is 3.54. The number of aromatic nitrogens is 2. The number of amides is 1. The maximum atomic E-state index is 13.0. The number of hydrogen-bond donors (Lipinski definition) is 1. The highest BCUT2D eigenvalue weighted by atomic mass is 16.5. The highest BCUT2D eigenvalue weighted by Crippen LogP contribution is 2.24. The first-order valence-corrected chi connectivity index (χ1v) is 10.8. The quantitative estimate of drug-likeness (QED) is 0.416. The van der Waals surface area contributed by atoms with Crippen LogP contribution in [0.3, 0.4) is 0 Å².